The Hall–Kier alpha value is 0. The van der Waals surface area contributed by atoms with Gasteiger partial charge in [-0.15, -0.1) is 0 Å². The van der Waals surface area contributed by atoms with Crippen molar-refractivity contribution in [3.8, 4) is 0 Å². The van der Waals surface area contributed by atoms with Gasteiger partial charge in [0.05, 0.1) is 0 Å². The summed E-state index contributed by atoms with van der Waals surface area (Å²) in [7, 11) is 0. The molecule has 0 aromatic carbocycles. The van der Waals surface area contributed by atoms with E-state index in [1.54, 1.807) is 0 Å². The van der Waals surface area contributed by atoms with Crippen LogP contribution < -0.4 is 0 Å². The molecule has 0 saturated heterocycles. The van der Waals surface area contributed by atoms with Gasteiger partial charge in [0.1, 0.15) is 0 Å². The monoisotopic (exact) mass is 252 g/mol. The molecular formula is C18H36. The Bertz CT molecular complexity index is 218. The van der Waals surface area contributed by atoms with Gasteiger partial charge in [-0.25, -0.2) is 0 Å². The fourth-order valence-electron chi connectivity index (χ4n) is 4.63. The lowest BCUT2D eigenvalue weighted by atomic mass is 9.54. The standard InChI is InChI=1S/C18H36/c1-8-17(9-2)11-12(3)10-13(4)18-15(6)14(5)16(18)7/h12-18H,8-11H2,1-7H3. The molecule has 0 nitrogen and oxygen atoms in total. The first-order valence-electron chi connectivity index (χ1n) is 8.42. The van der Waals surface area contributed by atoms with E-state index in [1.165, 1.54) is 25.7 Å². The SMILES string of the molecule is CCC(CC)CC(C)CC(C)C1C(C)C(C)C1C. The quantitative estimate of drug-likeness (QED) is 0.520. The molecule has 0 aliphatic heterocycles. The Morgan fingerprint density at radius 3 is 1.72 bits per heavy atom. The topological polar surface area (TPSA) is 0 Å². The summed E-state index contributed by atoms with van der Waals surface area (Å²) in [6.07, 6.45) is 5.62. The molecule has 1 saturated carbocycles. The molecule has 1 rings (SSSR count). The van der Waals surface area contributed by atoms with Gasteiger partial charge in [0.15, 0.2) is 0 Å². The lowest BCUT2D eigenvalue weighted by Crippen LogP contribution is -2.45. The van der Waals surface area contributed by atoms with Gasteiger partial charge in [0.25, 0.3) is 0 Å². The van der Waals surface area contributed by atoms with E-state index in [1.807, 2.05) is 0 Å². The smallest absolute Gasteiger partial charge is 0.0332 e. The number of hydrogen-bond acceptors (Lipinski definition) is 0. The van der Waals surface area contributed by atoms with Gasteiger partial charge < -0.3 is 0 Å². The van der Waals surface area contributed by atoms with Gasteiger partial charge in [-0.3, -0.25) is 0 Å². The van der Waals surface area contributed by atoms with E-state index in [2.05, 4.69) is 48.5 Å². The second-order valence-corrected chi connectivity index (χ2v) is 7.39. The molecule has 108 valence electrons. The van der Waals surface area contributed by atoms with Crippen LogP contribution in [0.25, 0.3) is 0 Å². The largest absolute Gasteiger partial charge is 0.0651 e. The third kappa shape index (κ3) is 3.52. The van der Waals surface area contributed by atoms with Crippen molar-refractivity contribution in [2.75, 3.05) is 0 Å². The van der Waals surface area contributed by atoms with Crippen LogP contribution in [0, 0.1) is 41.4 Å². The van der Waals surface area contributed by atoms with Crippen LogP contribution in [0.4, 0.5) is 0 Å². The maximum atomic E-state index is 2.51. The second-order valence-electron chi connectivity index (χ2n) is 7.39. The van der Waals surface area contributed by atoms with Crippen molar-refractivity contribution in [3.05, 3.63) is 0 Å². The zero-order valence-corrected chi connectivity index (χ0v) is 13.9. The summed E-state index contributed by atoms with van der Waals surface area (Å²) in [4.78, 5) is 0. The van der Waals surface area contributed by atoms with Crippen molar-refractivity contribution in [2.45, 2.75) is 74.1 Å². The molecule has 0 aromatic rings. The lowest BCUT2D eigenvalue weighted by molar-refractivity contribution is -0.0294. The Balaban J connectivity index is 2.38. The van der Waals surface area contributed by atoms with Gasteiger partial charge >= 0.3 is 0 Å². The van der Waals surface area contributed by atoms with Crippen LogP contribution in [0.1, 0.15) is 74.1 Å². The van der Waals surface area contributed by atoms with Gasteiger partial charge in [0, 0.05) is 0 Å². The van der Waals surface area contributed by atoms with Crippen LogP contribution in [0.15, 0.2) is 0 Å². The van der Waals surface area contributed by atoms with E-state index in [0.29, 0.717) is 0 Å². The van der Waals surface area contributed by atoms with Crippen molar-refractivity contribution < 1.29 is 0 Å². The van der Waals surface area contributed by atoms with Gasteiger partial charge in [-0.2, -0.15) is 0 Å². The van der Waals surface area contributed by atoms with Crippen LogP contribution in [0.5, 0.6) is 0 Å². The van der Waals surface area contributed by atoms with E-state index in [0.717, 1.165) is 41.4 Å². The molecule has 0 heterocycles. The normalized spacial score (nSPS) is 35.3. The van der Waals surface area contributed by atoms with Gasteiger partial charge in [-0.05, 0) is 54.3 Å². The Morgan fingerprint density at radius 2 is 1.28 bits per heavy atom. The summed E-state index contributed by atoms with van der Waals surface area (Å²) < 4.78 is 0. The van der Waals surface area contributed by atoms with Crippen LogP contribution in [-0.2, 0) is 0 Å². The molecule has 0 spiro atoms. The fraction of sp³-hybridized carbons (Fsp3) is 1.00. The molecule has 1 fully saturated rings. The predicted octanol–water partition coefficient (Wildman–Crippen LogP) is 6.01. The number of hydrogen-bond donors (Lipinski definition) is 0. The minimum atomic E-state index is 0.917. The minimum absolute atomic E-state index is 0.917. The molecule has 1 aliphatic rings. The molecule has 0 N–H and O–H groups in total. The van der Waals surface area contributed by atoms with Gasteiger partial charge in [0.2, 0.25) is 0 Å². The zero-order valence-electron chi connectivity index (χ0n) is 13.9. The molecule has 18 heavy (non-hydrogen) atoms. The van der Waals surface area contributed by atoms with Crippen LogP contribution >= 0.6 is 0 Å². The zero-order chi connectivity index (χ0) is 13.9. The van der Waals surface area contributed by atoms with Crippen LogP contribution in [-0.4, -0.2) is 0 Å². The number of rotatable bonds is 7. The average Bonchev–Trinajstić information content (AvgIpc) is 2.35. The predicted molar refractivity (Wildman–Crippen MR) is 82.6 cm³/mol. The molecule has 0 heteroatoms. The first-order valence-corrected chi connectivity index (χ1v) is 8.42. The molecule has 0 bridgehead atoms. The minimum Gasteiger partial charge on any atom is -0.0651 e. The molecule has 1 aliphatic carbocycles. The molecule has 4 unspecified atom stereocenters. The Morgan fingerprint density at radius 1 is 0.778 bits per heavy atom. The van der Waals surface area contributed by atoms with Crippen molar-refractivity contribution in [2.24, 2.45) is 41.4 Å². The van der Waals surface area contributed by atoms with Crippen molar-refractivity contribution in [1.82, 2.24) is 0 Å². The Kier molecular flexibility index (Phi) is 6.21. The summed E-state index contributed by atoms with van der Waals surface area (Å²) in [6, 6.07) is 0. The molecule has 0 aromatic heterocycles. The van der Waals surface area contributed by atoms with Crippen LogP contribution in [0.3, 0.4) is 0 Å². The summed E-state index contributed by atoms with van der Waals surface area (Å²) in [6.45, 7) is 17.1. The fourth-order valence-corrected chi connectivity index (χ4v) is 4.63. The molecule has 0 amide bonds. The first kappa shape index (κ1) is 16.1. The molecule has 0 radical (unpaired) electrons. The molecule has 4 atom stereocenters. The van der Waals surface area contributed by atoms with E-state index in [4.69, 9.17) is 0 Å². The highest BCUT2D eigenvalue weighted by Crippen LogP contribution is 2.50. The highest BCUT2D eigenvalue weighted by atomic mass is 14.5. The Labute approximate surface area is 116 Å². The highest BCUT2D eigenvalue weighted by molar-refractivity contribution is 4.92. The van der Waals surface area contributed by atoms with E-state index in [9.17, 15) is 0 Å². The maximum absolute atomic E-state index is 2.51. The average molecular weight is 252 g/mol. The summed E-state index contributed by atoms with van der Waals surface area (Å²) in [5.41, 5.74) is 0. The highest BCUT2D eigenvalue weighted by Gasteiger charge is 2.44. The van der Waals surface area contributed by atoms with Crippen molar-refractivity contribution in [3.63, 3.8) is 0 Å². The summed E-state index contributed by atoms with van der Waals surface area (Å²) in [5, 5.41) is 0. The summed E-state index contributed by atoms with van der Waals surface area (Å²) >= 11 is 0. The lowest BCUT2D eigenvalue weighted by Gasteiger charge is -2.51. The third-order valence-corrected chi connectivity index (χ3v) is 6.19. The van der Waals surface area contributed by atoms with E-state index < -0.39 is 0 Å². The van der Waals surface area contributed by atoms with Crippen molar-refractivity contribution in [1.29, 1.82) is 0 Å². The second kappa shape index (κ2) is 6.96. The first-order chi connectivity index (χ1) is 8.42. The van der Waals surface area contributed by atoms with E-state index >= 15 is 0 Å². The third-order valence-electron chi connectivity index (χ3n) is 6.19. The van der Waals surface area contributed by atoms with Gasteiger partial charge in [-0.1, -0.05) is 61.3 Å². The van der Waals surface area contributed by atoms with Crippen LogP contribution in [0.2, 0.25) is 0 Å². The maximum Gasteiger partial charge on any atom is -0.0332 e. The summed E-state index contributed by atoms with van der Waals surface area (Å²) in [5.74, 6) is 6.65. The molecular weight excluding hydrogens is 216 g/mol. The van der Waals surface area contributed by atoms with Crippen molar-refractivity contribution >= 4 is 0 Å². The van der Waals surface area contributed by atoms with E-state index in [-0.39, 0.29) is 0 Å².